The highest BCUT2D eigenvalue weighted by Gasteiger charge is 2.21. The van der Waals surface area contributed by atoms with E-state index in [9.17, 15) is 18.4 Å². The molecule has 0 aliphatic carbocycles. The van der Waals surface area contributed by atoms with Crippen molar-refractivity contribution in [1.82, 2.24) is 0 Å². The van der Waals surface area contributed by atoms with Crippen LogP contribution in [0.4, 0.5) is 8.78 Å². The number of carbonyl (C=O) groups is 1. The lowest BCUT2D eigenvalue weighted by Crippen LogP contribution is -2.11. The summed E-state index contributed by atoms with van der Waals surface area (Å²) in [6.45, 7) is 3.45. The fourth-order valence-corrected chi connectivity index (χ4v) is 2.75. The molecule has 0 fully saturated rings. The first-order chi connectivity index (χ1) is 12.9. The van der Waals surface area contributed by atoms with E-state index in [4.69, 9.17) is 13.9 Å². The van der Waals surface area contributed by atoms with Crippen LogP contribution in [0.25, 0.3) is 11.0 Å². The van der Waals surface area contributed by atoms with E-state index in [2.05, 4.69) is 0 Å². The number of ether oxygens (including phenoxy) is 2. The number of carbonyl (C=O) groups excluding carboxylic acids is 1. The van der Waals surface area contributed by atoms with Crippen molar-refractivity contribution in [2.24, 2.45) is 0 Å². The van der Waals surface area contributed by atoms with E-state index in [0.717, 1.165) is 18.2 Å². The van der Waals surface area contributed by atoms with Gasteiger partial charge in [0.25, 0.3) is 0 Å². The summed E-state index contributed by atoms with van der Waals surface area (Å²) >= 11 is 0. The lowest BCUT2D eigenvalue weighted by atomic mass is 10.1. The number of fused-ring (bicyclic) bond motifs is 1. The molecule has 0 aliphatic rings. The van der Waals surface area contributed by atoms with Crippen LogP contribution >= 0.6 is 0 Å². The Balaban J connectivity index is 2.01. The van der Waals surface area contributed by atoms with Gasteiger partial charge in [0.15, 0.2) is 0 Å². The van der Waals surface area contributed by atoms with Gasteiger partial charge in [-0.3, -0.25) is 0 Å². The van der Waals surface area contributed by atoms with E-state index >= 15 is 0 Å². The number of esters is 1. The third kappa shape index (κ3) is 3.67. The van der Waals surface area contributed by atoms with Crippen LogP contribution < -0.4 is 10.4 Å². The monoisotopic (exact) mass is 374 g/mol. The first-order valence-electron chi connectivity index (χ1n) is 8.22. The number of hydrogen-bond donors (Lipinski definition) is 0. The fraction of sp³-hybridized carbons (Fsp3) is 0.200. The molecule has 0 atom stereocenters. The third-order valence-electron chi connectivity index (χ3n) is 3.99. The van der Waals surface area contributed by atoms with Crippen LogP contribution in [0.5, 0.6) is 5.75 Å². The van der Waals surface area contributed by atoms with Crippen LogP contribution in [0.1, 0.15) is 28.4 Å². The Morgan fingerprint density at radius 3 is 2.52 bits per heavy atom. The van der Waals surface area contributed by atoms with Crippen LogP contribution in [0, 0.1) is 18.6 Å². The van der Waals surface area contributed by atoms with E-state index in [1.165, 1.54) is 6.07 Å². The molecule has 1 heterocycles. The summed E-state index contributed by atoms with van der Waals surface area (Å²) in [6, 6.07) is 7.80. The van der Waals surface area contributed by atoms with Crippen molar-refractivity contribution in [3.63, 3.8) is 0 Å². The molecule has 0 saturated heterocycles. The van der Waals surface area contributed by atoms with Crippen molar-refractivity contribution in [2.45, 2.75) is 20.5 Å². The van der Waals surface area contributed by atoms with Gasteiger partial charge in [0.1, 0.15) is 35.1 Å². The lowest BCUT2D eigenvalue weighted by Gasteiger charge is -2.13. The second-order valence-corrected chi connectivity index (χ2v) is 5.77. The van der Waals surface area contributed by atoms with Gasteiger partial charge < -0.3 is 13.9 Å². The standard InChI is InChI=1S/C20H16F2O5/c1-3-25-16-8-7-12-11(2)9-17(23)27-19(12)13(16)10-26-20(24)18-14(21)5-4-6-15(18)22/h4-9H,3,10H2,1-2H3. The molecule has 0 saturated carbocycles. The summed E-state index contributed by atoms with van der Waals surface area (Å²) in [5.74, 6) is -2.86. The molecule has 0 bridgehead atoms. The zero-order valence-corrected chi connectivity index (χ0v) is 14.7. The lowest BCUT2D eigenvalue weighted by molar-refractivity contribution is 0.0459. The smallest absolute Gasteiger partial charge is 0.344 e. The van der Waals surface area contributed by atoms with Crippen LogP contribution in [0.2, 0.25) is 0 Å². The van der Waals surface area contributed by atoms with Gasteiger partial charge in [-0.25, -0.2) is 18.4 Å². The molecule has 0 unspecified atom stereocenters. The molecule has 0 amide bonds. The fourth-order valence-electron chi connectivity index (χ4n) is 2.75. The number of hydrogen-bond acceptors (Lipinski definition) is 5. The van der Waals surface area contributed by atoms with Crippen molar-refractivity contribution in [2.75, 3.05) is 6.61 Å². The Morgan fingerprint density at radius 2 is 1.85 bits per heavy atom. The zero-order chi connectivity index (χ0) is 19.6. The maximum Gasteiger partial charge on any atom is 0.344 e. The Labute approximate surface area is 153 Å². The predicted molar refractivity (Wildman–Crippen MR) is 93.9 cm³/mol. The van der Waals surface area contributed by atoms with Gasteiger partial charge in [0.2, 0.25) is 0 Å². The van der Waals surface area contributed by atoms with Gasteiger partial charge in [0.05, 0.1) is 12.2 Å². The number of halogens is 2. The second-order valence-electron chi connectivity index (χ2n) is 5.77. The number of rotatable bonds is 5. The average Bonchev–Trinajstić information content (AvgIpc) is 2.60. The largest absolute Gasteiger partial charge is 0.493 e. The van der Waals surface area contributed by atoms with Gasteiger partial charge in [-0.2, -0.15) is 0 Å². The van der Waals surface area contributed by atoms with Crippen molar-refractivity contribution in [3.05, 3.63) is 75.1 Å². The average molecular weight is 374 g/mol. The Hall–Kier alpha value is -3.22. The topological polar surface area (TPSA) is 65.7 Å². The molecule has 5 nitrogen and oxygen atoms in total. The molecule has 3 rings (SSSR count). The Morgan fingerprint density at radius 1 is 1.15 bits per heavy atom. The van der Waals surface area contributed by atoms with Gasteiger partial charge in [0, 0.05) is 11.5 Å². The van der Waals surface area contributed by atoms with Gasteiger partial charge in [-0.05, 0) is 43.7 Å². The number of aryl methyl sites for hydroxylation is 1. The van der Waals surface area contributed by atoms with Crippen molar-refractivity contribution in [1.29, 1.82) is 0 Å². The third-order valence-corrected chi connectivity index (χ3v) is 3.99. The quantitative estimate of drug-likeness (QED) is 0.496. The molecule has 7 heteroatoms. The van der Waals surface area contributed by atoms with E-state index in [1.54, 1.807) is 26.0 Å². The van der Waals surface area contributed by atoms with E-state index in [0.29, 0.717) is 28.9 Å². The minimum Gasteiger partial charge on any atom is -0.493 e. The van der Waals surface area contributed by atoms with Gasteiger partial charge in [-0.1, -0.05) is 6.07 Å². The highest BCUT2D eigenvalue weighted by molar-refractivity contribution is 5.90. The summed E-state index contributed by atoms with van der Waals surface area (Å²) in [6.07, 6.45) is 0. The summed E-state index contributed by atoms with van der Waals surface area (Å²) in [7, 11) is 0. The first kappa shape index (κ1) is 18.6. The van der Waals surface area contributed by atoms with Crippen LogP contribution in [-0.4, -0.2) is 12.6 Å². The molecule has 0 radical (unpaired) electrons. The van der Waals surface area contributed by atoms with Crippen molar-refractivity contribution in [3.8, 4) is 5.75 Å². The van der Waals surface area contributed by atoms with E-state index < -0.39 is 28.8 Å². The highest BCUT2D eigenvalue weighted by Crippen LogP contribution is 2.30. The van der Waals surface area contributed by atoms with Gasteiger partial charge >= 0.3 is 11.6 Å². The molecule has 27 heavy (non-hydrogen) atoms. The summed E-state index contributed by atoms with van der Waals surface area (Å²) in [4.78, 5) is 23.9. The first-order valence-corrected chi connectivity index (χ1v) is 8.22. The minimum atomic E-state index is -1.17. The molecular formula is C20H16F2O5. The van der Waals surface area contributed by atoms with E-state index in [1.807, 2.05) is 0 Å². The predicted octanol–water partition coefficient (Wildman–Crippen LogP) is 4.14. The van der Waals surface area contributed by atoms with Crippen molar-refractivity contribution >= 4 is 16.9 Å². The minimum absolute atomic E-state index is 0.202. The molecule has 140 valence electrons. The summed E-state index contributed by atoms with van der Waals surface area (Å²) in [5, 5.41) is 0.640. The maximum atomic E-state index is 13.8. The number of benzene rings is 2. The molecular weight excluding hydrogens is 358 g/mol. The highest BCUT2D eigenvalue weighted by atomic mass is 19.1. The maximum absolute atomic E-state index is 13.8. The molecule has 0 N–H and O–H groups in total. The molecule has 1 aromatic heterocycles. The van der Waals surface area contributed by atoms with Crippen LogP contribution in [0.15, 0.2) is 45.6 Å². The summed E-state index contributed by atoms with van der Waals surface area (Å²) in [5.41, 5.74) is -0.167. The Kier molecular flexibility index (Phi) is 5.21. The second kappa shape index (κ2) is 7.57. The van der Waals surface area contributed by atoms with E-state index in [-0.39, 0.29) is 12.2 Å². The van der Waals surface area contributed by atoms with Crippen molar-refractivity contribution < 1.29 is 27.5 Å². The zero-order valence-electron chi connectivity index (χ0n) is 14.7. The molecule has 0 spiro atoms. The molecule has 0 aliphatic heterocycles. The normalized spacial score (nSPS) is 10.8. The van der Waals surface area contributed by atoms with Crippen LogP contribution in [-0.2, 0) is 11.3 Å². The van der Waals surface area contributed by atoms with Gasteiger partial charge in [-0.15, -0.1) is 0 Å². The SMILES string of the molecule is CCOc1ccc2c(C)cc(=O)oc2c1COC(=O)c1c(F)cccc1F. The Bertz CT molecular complexity index is 1050. The van der Waals surface area contributed by atoms with Crippen LogP contribution in [0.3, 0.4) is 0 Å². The molecule has 3 aromatic rings. The summed E-state index contributed by atoms with van der Waals surface area (Å²) < 4.78 is 43.4. The molecule has 2 aromatic carbocycles.